The molecule has 0 saturated carbocycles. The minimum atomic E-state index is 0.850. The van der Waals surface area contributed by atoms with Gasteiger partial charge in [0, 0.05) is 6.54 Å². The summed E-state index contributed by atoms with van der Waals surface area (Å²) in [5, 5.41) is 0. The van der Waals surface area contributed by atoms with E-state index in [0.717, 1.165) is 5.92 Å². The van der Waals surface area contributed by atoms with Crippen LogP contribution in [0.2, 0.25) is 0 Å². The molecule has 1 nitrogen and oxygen atoms in total. The molecule has 1 atom stereocenters. The van der Waals surface area contributed by atoms with E-state index in [4.69, 9.17) is 0 Å². The number of benzene rings is 1. The third-order valence-corrected chi connectivity index (χ3v) is 6.27. The average Bonchev–Trinajstić information content (AvgIpc) is 2.72. The molecule has 1 aromatic carbocycles. The van der Waals surface area contributed by atoms with E-state index in [-0.39, 0.29) is 0 Å². The summed E-state index contributed by atoms with van der Waals surface area (Å²) in [6.45, 7) is 3.54. The van der Waals surface area contributed by atoms with Crippen LogP contribution in [0.4, 0.5) is 0 Å². The number of hydrogen-bond donors (Lipinski definition) is 0. The van der Waals surface area contributed by atoms with Crippen molar-refractivity contribution in [3.8, 4) is 0 Å². The Morgan fingerprint density at radius 3 is 1.59 bits per heavy atom. The Kier molecular flexibility index (Phi) is 17.3. The highest BCUT2D eigenvalue weighted by Crippen LogP contribution is 2.19. The van der Waals surface area contributed by atoms with Crippen LogP contribution in [0, 0.1) is 5.92 Å². The van der Waals surface area contributed by atoms with Gasteiger partial charge in [-0.25, -0.2) is 0 Å². The molecule has 0 spiro atoms. The Bertz CT molecular complexity index is 439. The van der Waals surface area contributed by atoms with E-state index in [2.05, 4.69) is 56.3 Å². The van der Waals surface area contributed by atoms with E-state index >= 15 is 0 Å². The largest absolute Gasteiger partial charge is 0.309 e. The Labute approximate surface area is 183 Å². The zero-order valence-electron chi connectivity index (χ0n) is 20.1. The molecule has 168 valence electrons. The van der Waals surface area contributed by atoms with Crippen molar-refractivity contribution in [1.29, 1.82) is 0 Å². The standard InChI is InChI=1S/C28H51N/c1-4-5-6-7-8-9-10-11-12-13-14-15-16-18-23-28(26-29(2)3)25-24-27-21-19-17-20-22-27/h17,19-22,28H,4-16,18,23-26H2,1-3H3. The molecule has 0 aliphatic carbocycles. The Morgan fingerprint density at radius 2 is 1.10 bits per heavy atom. The van der Waals surface area contributed by atoms with Gasteiger partial charge in [-0.15, -0.1) is 0 Å². The van der Waals surface area contributed by atoms with Gasteiger partial charge in [-0.2, -0.15) is 0 Å². The maximum Gasteiger partial charge on any atom is 0.000367 e. The predicted molar refractivity (Wildman–Crippen MR) is 132 cm³/mol. The zero-order valence-corrected chi connectivity index (χ0v) is 20.1. The van der Waals surface area contributed by atoms with E-state index in [0.29, 0.717) is 0 Å². The molecule has 1 unspecified atom stereocenters. The van der Waals surface area contributed by atoms with Crippen molar-refractivity contribution in [2.24, 2.45) is 5.92 Å². The van der Waals surface area contributed by atoms with Crippen LogP contribution >= 0.6 is 0 Å². The van der Waals surface area contributed by atoms with Crippen molar-refractivity contribution in [2.75, 3.05) is 20.6 Å². The Morgan fingerprint density at radius 1 is 0.621 bits per heavy atom. The van der Waals surface area contributed by atoms with Crippen molar-refractivity contribution in [1.82, 2.24) is 4.90 Å². The molecule has 0 bridgehead atoms. The maximum atomic E-state index is 2.37. The van der Waals surface area contributed by atoms with Crippen LogP contribution in [0.25, 0.3) is 0 Å². The van der Waals surface area contributed by atoms with E-state index in [1.54, 1.807) is 0 Å². The van der Waals surface area contributed by atoms with Gasteiger partial charge in [0.05, 0.1) is 0 Å². The average molecular weight is 402 g/mol. The van der Waals surface area contributed by atoms with Crippen LogP contribution in [0.3, 0.4) is 0 Å². The summed E-state index contributed by atoms with van der Waals surface area (Å²) in [7, 11) is 4.45. The molecule has 29 heavy (non-hydrogen) atoms. The van der Waals surface area contributed by atoms with E-state index in [1.807, 2.05) is 0 Å². The van der Waals surface area contributed by atoms with Gasteiger partial charge in [0.1, 0.15) is 0 Å². The summed E-state index contributed by atoms with van der Waals surface area (Å²) in [5.41, 5.74) is 1.50. The molecular weight excluding hydrogens is 350 g/mol. The van der Waals surface area contributed by atoms with Crippen LogP contribution in [-0.4, -0.2) is 25.5 Å². The van der Waals surface area contributed by atoms with Gasteiger partial charge in [0.25, 0.3) is 0 Å². The third-order valence-electron chi connectivity index (χ3n) is 6.27. The monoisotopic (exact) mass is 401 g/mol. The molecule has 0 saturated heterocycles. The fourth-order valence-corrected chi connectivity index (χ4v) is 4.49. The van der Waals surface area contributed by atoms with E-state index in [1.165, 1.54) is 121 Å². The van der Waals surface area contributed by atoms with Gasteiger partial charge in [-0.05, 0) is 44.8 Å². The van der Waals surface area contributed by atoms with Gasteiger partial charge in [-0.1, -0.05) is 127 Å². The van der Waals surface area contributed by atoms with Gasteiger partial charge >= 0.3 is 0 Å². The number of hydrogen-bond acceptors (Lipinski definition) is 1. The maximum absolute atomic E-state index is 2.37. The molecule has 1 rings (SSSR count). The third kappa shape index (κ3) is 16.6. The first kappa shape index (κ1) is 26.2. The first-order valence-corrected chi connectivity index (χ1v) is 12.9. The lowest BCUT2D eigenvalue weighted by molar-refractivity contribution is 0.292. The van der Waals surface area contributed by atoms with E-state index < -0.39 is 0 Å². The summed E-state index contributed by atoms with van der Waals surface area (Å²) in [6.07, 6.45) is 24.3. The second kappa shape index (κ2) is 19.2. The summed E-state index contributed by atoms with van der Waals surface area (Å²) < 4.78 is 0. The molecule has 0 heterocycles. The molecule has 0 amide bonds. The smallest absolute Gasteiger partial charge is 0.000367 e. The number of nitrogens with zero attached hydrogens (tertiary/aromatic N) is 1. The SMILES string of the molecule is CCCCCCCCCCCCCCCCC(CCc1ccccc1)CN(C)C. The van der Waals surface area contributed by atoms with Crippen LogP contribution in [0.5, 0.6) is 0 Å². The fourth-order valence-electron chi connectivity index (χ4n) is 4.49. The molecule has 0 aliphatic heterocycles. The zero-order chi connectivity index (χ0) is 21.0. The Hall–Kier alpha value is -0.820. The fraction of sp³-hybridized carbons (Fsp3) is 0.786. The lowest BCUT2D eigenvalue weighted by Gasteiger charge is -2.21. The van der Waals surface area contributed by atoms with Gasteiger partial charge < -0.3 is 4.90 Å². The second-order valence-corrected chi connectivity index (χ2v) is 9.54. The van der Waals surface area contributed by atoms with Crippen molar-refractivity contribution in [3.63, 3.8) is 0 Å². The highest BCUT2D eigenvalue weighted by atomic mass is 15.1. The quantitative estimate of drug-likeness (QED) is 0.197. The van der Waals surface area contributed by atoms with Crippen LogP contribution in [0.15, 0.2) is 30.3 Å². The van der Waals surface area contributed by atoms with Crippen LogP contribution in [0.1, 0.15) is 115 Å². The molecular formula is C28H51N. The summed E-state index contributed by atoms with van der Waals surface area (Å²) >= 11 is 0. The van der Waals surface area contributed by atoms with Gasteiger partial charge in [0.15, 0.2) is 0 Å². The van der Waals surface area contributed by atoms with Gasteiger partial charge in [0.2, 0.25) is 0 Å². The van der Waals surface area contributed by atoms with Crippen molar-refractivity contribution in [3.05, 3.63) is 35.9 Å². The number of aryl methyl sites for hydroxylation is 1. The molecule has 0 aromatic heterocycles. The topological polar surface area (TPSA) is 3.24 Å². The minimum Gasteiger partial charge on any atom is -0.309 e. The highest BCUT2D eigenvalue weighted by Gasteiger charge is 2.10. The van der Waals surface area contributed by atoms with Crippen LogP contribution < -0.4 is 0 Å². The van der Waals surface area contributed by atoms with Crippen molar-refractivity contribution in [2.45, 2.75) is 116 Å². The lowest BCUT2D eigenvalue weighted by atomic mass is 9.93. The molecule has 0 fully saturated rings. The Balaban J connectivity index is 1.96. The summed E-state index contributed by atoms with van der Waals surface area (Å²) in [6, 6.07) is 11.0. The molecule has 1 heteroatoms. The van der Waals surface area contributed by atoms with Crippen molar-refractivity contribution >= 4 is 0 Å². The normalized spacial score (nSPS) is 12.6. The number of rotatable bonds is 20. The summed E-state index contributed by atoms with van der Waals surface area (Å²) in [5.74, 6) is 0.850. The number of unbranched alkanes of at least 4 members (excludes halogenated alkanes) is 13. The lowest BCUT2D eigenvalue weighted by Crippen LogP contribution is -2.22. The summed E-state index contributed by atoms with van der Waals surface area (Å²) in [4.78, 5) is 2.37. The first-order valence-electron chi connectivity index (χ1n) is 12.9. The minimum absolute atomic E-state index is 0.850. The highest BCUT2D eigenvalue weighted by molar-refractivity contribution is 5.14. The van der Waals surface area contributed by atoms with Crippen molar-refractivity contribution < 1.29 is 0 Å². The first-order chi connectivity index (χ1) is 14.2. The molecule has 0 radical (unpaired) electrons. The van der Waals surface area contributed by atoms with E-state index in [9.17, 15) is 0 Å². The molecule has 1 aromatic rings. The molecule has 0 N–H and O–H groups in total. The second-order valence-electron chi connectivity index (χ2n) is 9.54. The predicted octanol–water partition coefficient (Wildman–Crippen LogP) is 8.67. The van der Waals surface area contributed by atoms with Gasteiger partial charge in [-0.3, -0.25) is 0 Å². The van der Waals surface area contributed by atoms with Crippen LogP contribution in [-0.2, 0) is 6.42 Å². The molecule has 0 aliphatic rings.